The number of rotatable bonds is 5. The Morgan fingerprint density at radius 1 is 1.17 bits per heavy atom. The first-order chi connectivity index (χ1) is 11.5. The molecule has 0 unspecified atom stereocenters. The molecule has 1 atom stereocenters. The monoisotopic (exact) mass is 357 g/mol. The number of benzene rings is 1. The first-order valence-corrected chi connectivity index (χ1v) is 9.79. The topological polar surface area (TPSA) is 61.9 Å². The Kier molecular flexibility index (Phi) is 5.83. The van der Waals surface area contributed by atoms with Crippen molar-refractivity contribution in [1.82, 2.24) is 13.9 Å². The van der Waals surface area contributed by atoms with E-state index in [1.54, 1.807) is 12.1 Å². The molecule has 0 saturated carbocycles. The molecule has 0 aliphatic carbocycles. The molecule has 3 rings (SSSR count). The van der Waals surface area contributed by atoms with Gasteiger partial charge in [-0.15, -0.1) is 0 Å². The molecule has 2 heterocycles. The SMILES string of the molecule is O=S(=O)(N[C@@H]1CCCN(Cc2ccc(F)cc2)C1)N1CCOCC1. The molecule has 1 aromatic rings. The molecule has 8 heteroatoms. The van der Waals surface area contributed by atoms with Gasteiger partial charge in [0.05, 0.1) is 13.2 Å². The zero-order valence-electron chi connectivity index (χ0n) is 13.7. The van der Waals surface area contributed by atoms with Crippen LogP contribution in [0.4, 0.5) is 4.39 Å². The van der Waals surface area contributed by atoms with Crippen LogP contribution < -0.4 is 4.72 Å². The van der Waals surface area contributed by atoms with Crippen LogP contribution in [0, 0.1) is 5.82 Å². The summed E-state index contributed by atoms with van der Waals surface area (Å²) in [7, 11) is -3.46. The number of morpholine rings is 1. The molecule has 0 bridgehead atoms. The fourth-order valence-electron chi connectivity index (χ4n) is 3.22. The Balaban J connectivity index is 1.55. The number of halogens is 1. The first kappa shape index (κ1) is 17.8. The lowest BCUT2D eigenvalue weighted by atomic mass is 10.1. The number of likely N-dealkylation sites (tertiary alicyclic amines) is 1. The van der Waals surface area contributed by atoms with E-state index in [2.05, 4.69) is 9.62 Å². The van der Waals surface area contributed by atoms with Gasteiger partial charge in [0.1, 0.15) is 5.82 Å². The van der Waals surface area contributed by atoms with E-state index in [0.29, 0.717) is 39.4 Å². The lowest BCUT2D eigenvalue weighted by Gasteiger charge is -2.35. The predicted molar refractivity (Wildman–Crippen MR) is 89.1 cm³/mol. The summed E-state index contributed by atoms with van der Waals surface area (Å²) in [5.41, 5.74) is 1.04. The zero-order chi connectivity index (χ0) is 17.0. The average molecular weight is 357 g/mol. The van der Waals surface area contributed by atoms with Crippen LogP contribution in [0.25, 0.3) is 0 Å². The van der Waals surface area contributed by atoms with Crippen LogP contribution >= 0.6 is 0 Å². The highest BCUT2D eigenvalue weighted by Crippen LogP contribution is 2.16. The highest BCUT2D eigenvalue weighted by atomic mass is 32.2. The number of hydrogen-bond acceptors (Lipinski definition) is 4. The van der Waals surface area contributed by atoms with Gasteiger partial charge in [-0.1, -0.05) is 12.1 Å². The lowest BCUT2D eigenvalue weighted by Crippen LogP contribution is -2.53. The Morgan fingerprint density at radius 2 is 1.88 bits per heavy atom. The second-order valence-electron chi connectivity index (χ2n) is 6.34. The smallest absolute Gasteiger partial charge is 0.279 e. The summed E-state index contributed by atoms with van der Waals surface area (Å²) < 4.78 is 47.4. The minimum atomic E-state index is -3.46. The Bertz CT molecular complexity index is 632. The molecule has 0 radical (unpaired) electrons. The van der Waals surface area contributed by atoms with E-state index in [1.807, 2.05) is 0 Å². The summed E-state index contributed by atoms with van der Waals surface area (Å²) in [4.78, 5) is 2.21. The Labute approximate surface area is 142 Å². The number of ether oxygens (including phenoxy) is 1. The van der Waals surface area contributed by atoms with E-state index in [-0.39, 0.29) is 11.9 Å². The van der Waals surface area contributed by atoms with Gasteiger partial charge in [0.25, 0.3) is 10.2 Å². The van der Waals surface area contributed by atoms with E-state index in [4.69, 9.17) is 4.74 Å². The molecule has 24 heavy (non-hydrogen) atoms. The van der Waals surface area contributed by atoms with E-state index in [9.17, 15) is 12.8 Å². The van der Waals surface area contributed by atoms with Gasteiger partial charge in [-0.25, -0.2) is 4.39 Å². The van der Waals surface area contributed by atoms with E-state index in [0.717, 1.165) is 24.9 Å². The Hall–Kier alpha value is -1.06. The van der Waals surface area contributed by atoms with Crippen LogP contribution in [0.3, 0.4) is 0 Å². The van der Waals surface area contributed by atoms with E-state index >= 15 is 0 Å². The number of nitrogens with one attached hydrogen (secondary N) is 1. The van der Waals surface area contributed by atoms with Gasteiger partial charge < -0.3 is 4.74 Å². The predicted octanol–water partition coefficient (Wildman–Crippen LogP) is 0.957. The molecule has 134 valence electrons. The summed E-state index contributed by atoms with van der Waals surface area (Å²) in [6.07, 6.45) is 1.78. The number of nitrogens with zero attached hydrogens (tertiary/aromatic N) is 2. The van der Waals surface area contributed by atoms with Crippen LogP contribution in [0.15, 0.2) is 24.3 Å². The van der Waals surface area contributed by atoms with Crippen molar-refractivity contribution in [1.29, 1.82) is 0 Å². The van der Waals surface area contributed by atoms with Crippen LogP contribution in [-0.4, -0.2) is 63.1 Å². The summed E-state index contributed by atoms with van der Waals surface area (Å²) in [6.45, 7) is 4.00. The van der Waals surface area contributed by atoms with Crippen molar-refractivity contribution in [2.45, 2.75) is 25.4 Å². The Morgan fingerprint density at radius 3 is 2.58 bits per heavy atom. The van der Waals surface area contributed by atoms with E-state index < -0.39 is 10.2 Å². The normalized spacial score (nSPS) is 24.1. The molecule has 2 saturated heterocycles. The van der Waals surface area contributed by atoms with Crippen molar-refractivity contribution in [2.24, 2.45) is 0 Å². The zero-order valence-corrected chi connectivity index (χ0v) is 14.5. The summed E-state index contributed by atoms with van der Waals surface area (Å²) in [5, 5.41) is 0. The van der Waals surface area contributed by atoms with Crippen LogP contribution in [0.1, 0.15) is 18.4 Å². The van der Waals surface area contributed by atoms with Crippen LogP contribution in [0.5, 0.6) is 0 Å². The third kappa shape index (κ3) is 4.73. The van der Waals surface area contributed by atoms with Crippen molar-refractivity contribution in [2.75, 3.05) is 39.4 Å². The molecule has 0 aromatic heterocycles. The van der Waals surface area contributed by atoms with Crippen LogP contribution in [-0.2, 0) is 21.5 Å². The van der Waals surface area contributed by atoms with Crippen molar-refractivity contribution in [3.05, 3.63) is 35.6 Å². The molecule has 1 N–H and O–H groups in total. The molecule has 2 aliphatic heterocycles. The number of piperidine rings is 1. The van der Waals surface area contributed by atoms with Gasteiger partial charge in [0, 0.05) is 32.2 Å². The number of hydrogen-bond donors (Lipinski definition) is 1. The molecular weight excluding hydrogens is 333 g/mol. The van der Waals surface area contributed by atoms with Crippen molar-refractivity contribution < 1.29 is 17.5 Å². The maximum atomic E-state index is 13.0. The van der Waals surface area contributed by atoms with Gasteiger partial charge in [0.15, 0.2) is 0 Å². The fraction of sp³-hybridized carbons (Fsp3) is 0.625. The van der Waals surface area contributed by atoms with Crippen molar-refractivity contribution >= 4 is 10.2 Å². The first-order valence-electron chi connectivity index (χ1n) is 8.35. The van der Waals surface area contributed by atoms with Crippen LogP contribution in [0.2, 0.25) is 0 Å². The minimum Gasteiger partial charge on any atom is -0.379 e. The highest BCUT2D eigenvalue weighted by molar-refractivity contribution is 7.87. The molecule has 6 nitrogen and oxygen atoms in total. The molecule has 2 aliphatic rings. The highest BCUT2D eigenvalue weighted by Gasteiger charge is 2.29. The molecule has 0 amide bonds. The minimum absolute atomic E-state index is 0.0907. The van der Waals surface area contributed by atoms with Crippen molar-refractivity contribution in [3.8, 4) is 0 Å². The summed E-state index contributed by atoms with van der Waals surface area (Å²) in [5.74, 6) is -0.242. The second-order valence-corrected chi connectivity index (χ2v) is 8.04. The average Bonchev–Trinajstić information content (AvgIpc) is 2.58. The standard InChI is InChI=1S/C16H24FN3O3S/c17-15-5-3-14(4-6-15)12-19-7-1-2-16(13-19)18-24(21,22)20-8-10-23-11-9-20/h3-6,16,18H,1-2,7-13H2/t16-/m1/s1. The van der Waals surface area contributed by atoms with Gasteiger partial charge in [-0.05, 0) is 37.1 Å². The maximum Gasteiger partial charge on any atom is 0.279 e. The second kappa shape index (κ2) is 7.88. The maximum absolute atomic E-state index is 13.0. The third-order valence-corrected chi connectivity index (χ3v) is 6.13. The molecule has 0 spiro atoms. The molecule has 1 aromatic carbocycles. The molecular formula is C16H24FN3O3S. The summed E-state index contributed by atoms with van der Waals surface area (Å²) in [6, 6.07) is 6.37. The van der Waals surface area contributed by atoms with E-state index in [1.165, 1.54) is 16.4 Å². The van der Waals surface area contributed by atoms with Gasteiger partial charge in [-0.3, -0.25) is 4.90 Å². The van der Waals surface area contributed by atoms with Crippen molar-refractivity contribution in [3.63, 3.8) is 0 Å². The lowest BCUT2D eigenvalue weighted by molar-refractivity contribution is 0.0719. The molecule has 2 fully saturated rings. The fourth-order valence-corrected chi connectivity index (χ4v) is 4.61. The summed E-state index contributed by atoms with van der Waals surface area (Å²) >= 11 is 0. The van der Waals surface area contributed by atoms with Gasteiger partial charge in [-0.2, -0.15) is 17.4 Å². The third-order valence-electron chi connectivity index (χ3n) is 4.45. The largest absolute Gasteiger partial charge is 0.379 e. The quantitative estimate of drug-likeness (QED) is 0.853. The van der Waals surface area contributed by atoms with Gasteiger partial charge >= 0.3 is 0 Å². The van der Waals surface area contributed by atoms with Gasteiger partial charge in [0.2, 0.25) is 0 Å².